The fourth-order valence-corrected chi connectivity index (χ4v) is 13.3. The first kappa shape index (κ1) is 38.8. The predicted molar refractivity (Wildman–Crippen MR) is 288 cm³/mol. The molecule has 2 aromatic heterocycles. The number of aryl methyl sites for hydroxylation is 1. The number of benzene rings is 8. The zero-order chi connectivity index (χ0) is 45.1. The van der Waals surface area contributed by atoms with E-state index in [0.717, 1.165) is 0 Å². The summed E-state index contributed by atoms with van der Waals surface area (Å²) < 4.78 is 5.56. The summed E-state index contributed by atoms with van der Waals surface area (Å²) in [6.45, 7) is 23.7. The van der Waals surface area contributed by atoms with Gasteiger partial charge in [0.1, 0.15) is 0 Å². The molecule has 2 nitrogen and oxygen atoms in total. The van der Waals surface area contributed by atoms with Gasteiger partial charge >= 0.3 is 0 Å². The van der Waals surface area contributed by atoms with Crippen LogP contribution in [0.3, 0.4) is 0 Å². The minimum absolute atomic E-state index is 0.00637. The molecule has 10 aromatic rings. The number of hydrogen-bond acceptors (Lipinski definition) is 0. The van der Waals surface area contributed by atoms with Crippen LogP contribution in [0.2, 0.25) is 0 Å². The minimum atomic E-state index is -0.0565. The van der Waals surface area contributed by atoms with E-state index in [9.17, 15) is 0 Å². The molecule has 66 heavy (non-hydrogen) atoms. The molecular weight excluding hydrogens is 793 g/mol. The summed E-state index contributed by atoms with van der Waals surface area (Å²) in [6, 6.07) is 55.5. The summed E-state index contributed by atoms with van der Waals surface area (Å²) in [6.07, 6.45) is 0. The van der Waals surface area contributed by atoms with Gasteiger partial charge in [-0.25, -0.2) is 0 Å². The Labute approximate surface area is 389 Å². The number of fused-ring (bicyclic) bond motifs is 4. The van der Waals surface area contributed by atoms with E-state index in [0.29, 0.717) is 0 Å². The number of rotatable bonds is 3. The number of hydrogen-bond donors (Lipinski definition) is 0. The Hall–Kier alpha value is -6.45. The van der Waals surface area contributed by atoms with E-state index in [1.165, 1.54) is 138 Å². The van der Waals surface area contributed by atoms with Gasteiger partial charge in [0, 0.05) is 55.0 Å². The van der Waals surface area contributed by atoms with Gasteiger partial charge in [0.25, 0.3) is 6.71 Å². The van der Waals surface area contributed by atoms with Crippen LogP contribution in [0.25, 0.3) is 66.1 Å². The molecule has 6 heterocycles. The average molecular weight is 847 g/mol. The SMILES string of the molecule is Cc1ccc2c3c1c1cccc4c1n3-c1c(c(-c3ccccc3)c3c5c1B2c1cccc2c6cc(C(C)(C)C)cc(c6n-5c12)B3c1cccc(C(C)(C)C)c1)B4c1cccc(C(C)(C)C)c1. The second kappa shape index (κ2) is 12.5. The first-order valence-electron chi connectivity index (χ1n) is 24.3. The zero-order valence-electron chi connectivity index (χ0n) is 39.9. The molecule has 0 radical (unpaired) electrons. The van der Waals surface area contributed by atoms with Crippen molar-refractivity contribution in [2.45, 2.75) is 85.5 Å². The Kier molecular flexibility index (Phi) is 7.35. The molecule has 5 heteroatoms. The summed E-state index contributed by atoms with van der Waals surface area (Å²) in [5.74, 6) is 0. The lowest BCUT2D eigenvalue weighted by Gasteiger charge is -2.43. The molecule has 0 atom stereocenters. The first-order valence-corrected chi connectivity index (χ1v) is 24.3. The highest BCUT2D eigenvalue weighted by molar-refractivity contribution is 7.07. The smallest absolute Gasteiger partial charge is 0.252 e. The van der Waals surface area contributed by atoms with Crippen LogP contribution in [-0.4, -0.2) is 29.3 Å². The minimum Gasteiger partial charge on any atom is -0.311 e. The van der Waals surface area contributed by atoms with Crippen molar-refractivity contribution in [3.8, 4) is 22.5 Å². The van der Waals surface area contributed by atoms with Crippen LogP contribution in [0, 0.1) is 6.92 Å². The second-order valence-corrected chi connectivity index (χ2v) is 23.3. The Morgan fingerprint density at radius 1 is 0.379 bits per heavy atom. The zero-order valence-corrected chi connectivity index (χ0v) is 39.9. The molecule has 0 saturated heterocycles. The molecule has 0 saturated carbocycles. The van der Waals surface area contributed by atoms with Gasteiger partial charge in [-0.05, 0) is 101 Å². The van der Waals surface area contributed by atoms with Crippen molar-refractivity contribution in [1.82, 2.24) is 9.13 Å². The van der Waals surface area contributed by atoms with Crippen LogP contribution in [0.15, 0.2) is 140 Å². The number of aromatic nitrogens is 2. The lowest BCUT2D eigenvalue weighted by atomic mass is 9.26. The molecule has 0 spiro atoms. The Bertz CT molecular complexity index is 3840. The molecule has 4 aliphatic heterocycles. The largest absolute Gasteiger partial charge is 0.311 e. The Balaban J connectivity index is 1.29. The third kappa shape index (κ3) is 4.76. The van der Waals surface area contributed by atoms with E-state index in [-0.39, 0.29) is 36.4 Å². The van der Waals surface area contributed by atoms with Crippen molar-refractivity contribution in [2.24, 2.45) is 0 Å². The third-order valence-corrected chi connectivity index (χ3v) is 16.4. The average Bonchev–Trinajstić information content (AvgIpc) is 3.83. The molecule has 0 aliphatic carbocycles. The van der Waals surface area contributed by atoms with Crippen LogP contribution in [0.1, 0.15) is 84.6 Å². The van der Waals surface area contributed by atoms with Crippen LogP contribution in [0.5, 0.6) is 0 Å². The van der Waals surface area contributed by atoms with E-state index < -0.39 is 0 Å². The molecule has 0 N–H and O–H groups in total. The molecule has 0 bridgehead atoms. The van der Waals surface area contributed by atoms with E-state index >= 15 is 0 Å². The molecule has 8 aromatic carbocycles. The summed E-state index contributed by atoms with van der Waals surface area (Å²) in [5, 5.41) is 5.51. The van der Waals surface area contributed by atoms with Crippen molar-refractivity contribution in [1.29, 1.82) is 0 Å². The molecule has 0 amide bonds. The molecular formula is C61H53B3N2. The van der Waals surface area contributed by atoms with Crippen LogP contribution < -0.4 is 49.2 Å². The summed E-state index contributed by atoms with van der Waals surface area (Å²) in [5.41, 5.74) is 29.2. The maximum absolute atomic E-state index is 2.78. The Morgan fingerprint density at radius 2 is 0.894 bits per heavy atom. The monoisotopic (exact) mass is 846 g/mol. The normalized spacial score (nSPS) is 14.4. The fourth-order valence-electron chi connectivity index (χ4n) is 13.3. The quantitative estimate of drug-likeness (QED) is 0.158. The van der Waals surface area contributed by atoms with Gasteiger partial charge in [0.05, 0.1) is 0 Å². The lowest BCUT2D eigenvalue weighted by molar-refractivity contribution is 0.590. The van der Waals surface area contributed by atoms with Gasteiger partial charge in [0.2, 0.25) is 13.4 Å². The van der Waals surface area contributed by atoms with Crippen molar-refractivity contribution in [3.63, 3.8) is 0 Å². The number of para-hydroxylation sites is 2. The molecule has 0 fully saturated rings. The first-order chi connectivity index (χ1) is 31.6. The van der Waals surface area contributed by atoms with Crippen molar-refractivity contribution in [2.75, 3.05) is 0 Å². The standard InChI is InChI=1S/C61H53B3N2/c1-34-28-29-46-56-48(34)42-25-17-26-44-54(42)66(56)58-50(62(44)39-22-14-20-36(30-39)59(2,3)4)49(35-18-12-11-13-19-35)51-57-52(58)64(46)45-27-16-24-41-43-32-38(61(8,9)10)33-47(55(43)65(57)53(41)45)63(51)40-23-15-21-37(31-40)60(5,6)7/h11-33H,1-10H3. The fraction of sp³-hybridized carbons (Fsp3) is 0.213. The van der Waals surface area contributed by atoms with Crippen LogP contribution in [-0.2, 0) is 16.2 Å². The van der Waals surface area contributed by atoms with Crippen LogP contribution >= 0.6 is 0 Å². The Morgan fingerprint density at radius 3 is 1.52 bits per heavy atom. The molecule has 4 aliphatic rings. The van der Waals surface area contributed by atoms with E-state index in [2.05, 4.69) is 218 Å². The molecule has 316 valence electrons. The van der Waals surface area contributed by atoms with Crippen molar-refractivity contribution >= 4 is 113 Å². The van der Waals surface area contributed by atoms with Gasteiger partial charge < -0.3 is 9.13 Å². The highest BCUT2D eigenvalue weighted by Crippen LogP contribution is 2.44. The van der Waals surface area contributed by atoms with Crippen molar-refractivity contribution in [3.05, 3.63) is 162 Å². The maximum Gasteiger partial charge on any atom is 0.252 e. The summed E-state index contributed by atoms with van der Waals surface area (Å²) >= 11 is 0. The topological polar surface area (TPSA) is 9.86 Å². The van der Waals surface area contributed by atoms with Gasteiger partial charge in [-0.1, -0.05) is 207 Å². The van der Waals surface area contributed by atoms with Gasteiger partial charge in [-0.3, -0.25) is 0 Å². The number of nitrogens with zero attached hydrogens (tertiary/aromatic N) is 2. The molecule has 0 unspecified atom stereocenters. The third-order valence-electron chi connectivity index (χ3n) is 16.4. The van der Waals surface area contributed by atoms with Crippen LogP contribution in [0.4, 0.5) is 0 Å². The summed E-state index contributed by atoms with van der Waals surface area (Å²) in [4.78, 5) is 0. The van der Waals surface area contributed by atoms with Gasteiger partial charge in [0.15, 0.2) is 0 Å². The van der Waals surface area contributed by atoms with Gasteiger partial charge in [-0.15, -0.1) is 0 Å². The highest BCUT2D eigenvalue weighted by atomic mass is 15.0. The van der Waals surface area contributed by atoms with Crippen molar-refractivity contribution < 1.29 is 0 Å². The highest BCUT2D eigenvalue weighted by Gasteiger charge is 2.51. The lowest BCUT2D eigenvalue weighted by Crippen LogP contribution is -2.70. The van der Waals surface area contributed by atoms with E-state index in [1.807, 2.05) is 0 Å². The molecule has 14 rings (SSSR count). The van der Waals surface area contributed by atoms with E-state index in [4.69, 9.17) is 0 Å². The summed E-state index contributed by atoms with van der Waals surface area (Å²) in [7, 11) is 0. The van der Waals surface area contributed by atoms with E-state index in [1.54, 1.807) is 0 Å². The van der Waals surface area contributed by atoms with Gasteiger partial charge in [-0.2, -0.15) is 0 Å². The maximum atomic E-state index is 2.78. The second-order valence-electron chi connectivity index (χ2n) is 23.3. The predicted octanol–water partition coefficient (Wildman–Crippen LogP) is 8.55.